The molecule has 10 heteroatoms. The van der Waals surface area contributed by atoms with Gasteiger partial charge in [0.05, 0.1) is 17.6 Å². The second-order valence-corrected chi connectivity index (χ2v) is 8.17. The van der Waals surface area contributed by atoms with E-state index in [0.717, 1.165) is 11.1 Å². The summed E-state index contributed by atoms with van der Waals surface area (Å²) < 4.78 is 0. The van der Waals surface area contributed by atoms with Gasteiger partial charge in [-0.25, -0.2) is 0 Å². The van der Waals surface area contributed by atoms with Crippen LogP contribution in [0.5, 0.6) is 5.75 Å². The predicted molar refractivity (Wildman–Crippen MR) is 129 cm³/mol. The molecule has 0 radical (unpaired) electrons. The van der Waals surface area contributed by atoms with Crippen LogP contribution in [0.25, 0.3) is 0 Å². The van der Waals surface area contributed by atoms with Gasteiger partial charge in [0.2, 0.25) is 17.7 Å². The van der Waals surface area contributed by atoms with Crippen LogP contribution in [0.1, 0.15) is 18.1 Å². The maximum Gasteiger partial charge on any atom is 0.243 e. The number of hydrogen-bond donors (Lipinski definition) is 6. The van der Waals surface area contributed by atoms with E-state index in [1.807, 2.05) is 30.3 Å². The fourth-order valence-electron chi connectivity index (χ4n) is 3.02. The van der Waals surface area contributed by atoms with E-state index in [4.69, 9.17) is 23.7 Å². The minimum Gasteiger partial charge on any atom is -0.508 e. The third kappa shape index (κ3) is 8.87. The highest BCUT2D eigenvalue weighted by molar-refractivity contribution is 7.80. The molecule has 0 unspecified atom stereocenters. The zero-order chi connectivity index (χ0) is 24.4. The topological polar surface area (TPSA) is 160 Å². The lowest BCUT2D eigenvalue weighted by molar-refractivity contribution is -0.132. The number of amides is 3. The summed E-state index contributed by atoms with van der Waals surface area (Å²) in [5.41, 5.74) is 13.0. The number of rotatable bonds is 11. The number of phenols is 1. The summed E-state index contributed by atoms with van der Waals surface area (Å²) >= 11 is 4.79. The van der Waals surface area contributed by atoms with Gasteiger partial charge in [0.1, 0.15) is 17.8 Å². The van der Waals surface area contributed by atoms with Gasteiger partial charge < -0.3 is 32.5 Å². The van der Waals surface area contributed by atoms with Crippen molar-refractivity contribution >= 4 is 34.9 Å². The zero-order valence-corrected chi connectivity index (χ0v) is 19.1. The molecule has 3 atom stereocenters. The van der Waals surface area contributed by atoms with Crippen molar-refractivity contribution < 1.29 is 19.5 Å². The molecule has 176 valence electrons. The third-order valence-electron chi connectivity index (χ3n) is 4.83. The van der Waals surface area contributed by atoms with E-state index in [1.54, 1.807) is 12.1 Å². The first-order valence-electron chi connectivity index (χ1n) is 10.4. The van der Waals surface area contributed by atoms with Crippen molar-refractivity contribution in [2.75, 3.05) is 6.54 Å². The molecule has 0 bridgehead atoms. The van der Waals surface area contributed by atoms with Crippen LogP contribution in [0.15, 0.2) is 54.6 Å². The molecule has 0 aliphatic rings. The zero-order valence-electron chi connectivity index (χ0n) is 18.3. The lowest BCUT2D eigenvalue weighted by Gasteiger charge is -2.22. The maximum atomic E-state index is 12.7. The van der Waals surface area contributed by atoms with E-state index in [1.165, 1.54) is 19.1 Å². The fraction of sp³-hybridized carbons (Fsp3) is 0.304. The van der Waals surface area contributed by atoms with Crippen LogP contribution in [0.3, 0.4) is 0 Å². The van der Waals surface area contributed by atoms with Crippen LogP contribution in [0.4, 0.5) is 0 Å². The fourth-order valence-corrected chi connectivity index (χ4v) is 3.09. The highest BCUT2D eigenvalue weighted by atomic mass is 32.1. The Bertz CT molecular complexity index is 969. The second kappa shape index (κ2) is 12.5. The van der Waals surface area contributed by atoms with Gasteiger partial charge in [0.25, 0.3) is 0 Å². The molecular formula is C23H29N5O4S. The van der Waals surface area contributed by atoms with E-state index in [0.29, 0.717) is 0 Å². The van der Waals surface area contributed by atoms with Crippen LogP contribution < -0.4 is 27.4 Å². The average Bonchev–Trinajstić information content (AvgIpc) is 2.78. The summed E-state index contributed by atoms with van der Waals surface area (Å²) in [6.07, 6.45) is 0.481. The predicted octanol–water partition coefficient (Wildman–Crippen LogP) is -0.103. The molecule has 2 rings (SSSR count). The van der Waals surface area contributed by atoms with Crippen LogP contribution in [-0.4, -0.2) is 52.5 Å². The molecule has 9 nitrogen and oxygen atoms in total. The first kappa shape index (κ1) is 25.8. The van der Waals surface area contributed by atoms with Gasteiger partial charge in [0, 0.05) is 6.42 Å². The van der Waals surface area contributed by atoms with E-state index in [9.17, 15) is 19.5 Å². The van der Waals surface area contributed by atoms with E-state index in [2.05, 4.69) is 16.0 Å². The average molecular weight is 472 g/mol. The molecule has 0 fully saturated rings. The molecule has 0 heterocycles. The van der Waals surface area contributed by atoms with Crippen LogP contribution >= 0.6 is 12.2 Å². The Kier molecular flexibility index (Phi) is 9.77. The summed E-state index contributed by atoms with van der Waals surface area (Å²) in [6.45, 7) is 1.51. The Hall–Kier alpha value is -3.50. The number of nitrogens with two attached hydrogens (primary N) is 2. The number of carbonyl (C=O) groups excluding carboxylic acids is 3. The minimum atomic E-state index is -0.926. The number of hydrogen-bond acceptors (Lipinski definition) is 6. The quantitative estimate of drug-likeness (QED) is 0.250. The molecule has 0 aliphatic carbocycles. The smallest absolute Gasteiger partial charge is 0.243 e. The molecule has 2 aromatic carbocycles. The van der Waals surface area contributed by atoms with E-state index < -0.39 is 35.8 Å². The maximum absolute atomic E-state index is 12.7. The first-order valence-corrected chi connectivity index (χ1v) is 10.8. The highest BCUT2D eigenvalue weighted by Crippen LogP contribution is 2.11. The molecule has 2 aromatic rings. The van der Waals surface area contributed by atoms with Gasteiger partial charge in [-0.1, -0.05) is 54.7 Å². The Balaban J connectivity index is 1.97. The minimum absolute atomic E-state index is 0.00767. The van der Waals surface area contributed by atoms with Gasteiger partial charge in [-0.3, -0.25) is 14.4 Å². The molecular weight excluding hydrogens is 442 g/mol. The van der Waals surface area contributed by atoms with Gasteiger partial charge in [-0.05, 0) is 36.6 Å². The molecule has 0 aromatic heterocycles. The number of benzene rings is 2. The van der Waals surface area contributed by atoms with Crippen LogP contribution in [-0.2, 0) is 27.2 Å². The van der Waals surface area contributed by atoms with E-state index >= 15 is 0 Å². The Morgan fingerprint density at radius 3 is 2.12 bits per heavy atom. The molecule has 0 spiro atoms. The van der Waals surface area contributed by atoms with Crippen LogP contribution in [0.2, 0.25) is 0 Å². The number of carbonyl (C=O) groups is 3. The lowest BCUT2D eigenvalue weighted by Crippen LogP contribution is -2.56. The largest absolute Gasteiger partial charge is 0.508 e. The lowest BCUT2D eigenvalue weighted by atomic mass is 10.0. The highest BCUT2D eigenvalue weighted by Gasteiger charge is 2.26. The van der Waals surface area contributed by atoms with Crippen molar-refractivity contribution in [1.82, 2.24) is 16.0 Å². The van der Waals surface area contributed by atoms with Crippen molar-refractivity contribution in [3.63, 3.8) is 0 Å². The van der Waals surface area contributed by atoms with Crippen LogP contribution in [0, 0.1) is 0 Å². The van der Waals surface area contributed by atoms with Gasteiger partial charge in [0.15, 0.2) is 0 Å². The van der Waals surface area contributed by atoms with Crippen molar-refractivity contribution in [3.8, 4) is 5.75 Å². The number of phenolic OH excluding ortho intramolecular Hbond substituents is 1. The molecule has 0 aliphatic heterocycles. The first-order chi connectivity index (χ1) is 15.7. The summed E-state index contributed by atoms with van der Waals surface area (Å²) in [6, 6.07) is 12.8. The number of aromatic hydroxyl groups is 1. The van der Waals surface area contributed by atoms with Crippen molar-refractivity contribution in [2.45, 2.75) is 37.9 Å². The molecule has 0 saturated heterocycles. The summed E-state index contributed by atoms with van der Waals surface area (Å²) in [7, 11) is 0. The summed E-state index contributed by atoms with van der Waals surface area (Å²) in [5.74, 6) is -1.37. The number of nitrogens with one attached hydrogen (secondary N) is 3. The normalized spacial score (nSPS) is 13.3. The summed E-state index contributed by atoms with van der Waals surface area (Å²) in [4.78, 5) is 37.9. The Labute approximate surface area is 197 Å². The molecule has 8 N–H and O–H groups in total. The molecule has 3 amide bonds. The SMILES string of the molecule is C[C@@H](NC(=O)[C@@H](N)Cc1ccc(O)cc1)C(=O)N[C@@H](Cc1ccccc1)C(=O)NCC(N)=S. The van der Waals surface area contributed by atoms with Gasteiger partial charge in [-0.2, -0.15) is 0 Å². The molecule has 0 saturated carbocycles. The number of thiocarbonyl (C=S) groups is 1. The van der Waals surface area contributed by atoms with Crippen molar-refractivity contribution in [1.29, 1.82) is 0 Å². The Morgan fingerprint density at radius 1 is 0.909 bits per heavy atom. The molecule has 33 heavy (non-hydrogen) atoms. The van der Waals surface area contributed by atoms with E-state index in [-0.39, 0.29) is 30.1 Å². The third-order valence-corrected chi connectivity index (χ3v) is 4.98. The van der Waals surface area contributed by atoms with Gasteiger partial charge in [-0.15, -0.1) is 0 Å². The second-order valence-electron chi connectivity index (χ2n) is 7.64. The standard InChI is InChI=1S/C23H29N5O4S/c1-14(27-22(31)18(24)11-16-7-9-17(29)10-8-16)21(30)28-19(23(32)26-13-20(25)33)12-15-5-3-2-4-6-15/h2-10,14,18-19,29H,11-13,24H2,1H3,(H2,25,33)(H,26,32)(H,27,31)(H,28,30)/t14-,18+,19+/m1/s1. The summed E-state index contributed by atoms with van der Waals surface area (Å²) in [5, 5.41) is 17.2. The van der Waals surface area contributed by atoms with Gasteiger partial charge >= 0.3 is 0 Å². The van der Waals surface area contributed by atoms with Crippen molar-refractivity contribution in [3.05, 3.63) is 65.7 Å². The van der Waals surface area contributed by atoms with Crippen molar-refractivity contribution in [2.24, 2.45) is 11.5 Å². The monoisotopic (exact) mass is 471 g/mol. The Morgan fingerprint density at radius 2 is 1.52 bits per heavy atom.